The molecule has 0 spiro atoms. The smallest absolute Gasteiger partial charge is 0.202 e. The van der Waals surface area contributed by atoms with Crippen molar-refractivity contribution in [3.8, 4) is 17.2 Å². The van der Waals surface area contributed by atoms with Crippen LogP contribution in [0.2, 0.25) is 0 Å². The fraction of sp³-hybridized carbons (Fsp3) is 0.176. The first-order valence-electron chi connectivity index (χ1n) is 6.84. The van der Waals surface area contributed by atoms with Crippen molar-refractivity contribution in [3.63, 3.8) is 0 Å². The highest BCUT2D eigenvalue weighted by Crippen LogP contribution is 2.41. The Morgan fingerprint density at radius 2 is 1.61 bits per heavy atom. The maximum absolute atomic E-state index is 12.8. The van der Waals surface area contributed by atoms with Gasteiger partial charge in [0.2, 0.25) is 5.78 Å². The van der Waals surface area contributed by atoms with Crippen molar-refractivity contribution < 1.29 is 29.3 Å². The van der Waals surface area contributed by atoms with E-state index in [1.54, 1.807) is 0 Å². The van der Waals surface area contributed by atoms with Crippen molar-refractivity contribution in [1.82, 2.24) is 0 Å². The molecule has 0 atom stereocenters. The molecule has 2 aromatic carbocycles. The van der Waals surface area contributed by atoms with Crippen LogP contribution in [0.3, 0.4) is 0 Å². The third kappa shape index (κ3) is 2.07. The Balaban J connectivity index is 2.38. The number of benzene rings is 2. The Labute approximate surface area is 131 Å². The van der Waals surface area contributed by atoms with Crippen LogP contribution in [0.5, 0.6) is 17.2 Å². The number of rotatable bonds is 3. The molecule has 1 aliphatic carbocycles. The normalized spacial score (nSPS) is 12.7. The fourth-order valence-corrected chi connectivity index (χ4v) is 2.80. The number of aliphatic hydroxyl groups is 1. The average molecular weight is 314 g/mol. The number of phenols is 1. The highest BCUT2D eigenvalue weighted by Gasteiger charge is 2.37. The van der Waals surface area contributed by atoms with Gasteiger partial charge >= 0.3 is 0 Å². The van der Waals surface area contributed by atoms with E-state index in [1.165, 1.54) is 38.5 Å². The van der Waals surface area contributed by atoms with Gasteiger partial charge in [-0.15, -0.1) is 0 Å². The molecule has 0 heterocycles. The zero-order chi connectivity index (χ0) is 16.7. The third-order valence-corrected chi connectivity index (χ3v) is 3.86. The molecule has 0 aromatic heterocycles. The summed E-state index contributed by atoms with van der Waals surface area (Å²) >= 11 is 0. The maximum Gasteiger partial charge on any atom is 0.202 e. The van der Waals surface area contributed by atoms with E-state index in [9.17, 15) is 19.8 Å². The van der Waals surface area contributed by atoms with Crippen LogP contribution in [0.4, 0.5) is 0 Å². The summed E-state index contributed by atoms with van der Waals surface area (Å²) in [6.45, 7) is -0.296. The van der Waals surface area contributed by atoms with Gasteiger partial charge in [-0.1, -0.05) is 0 Å². The molecular formula is C17H14O6. The molecule has 6 nitrogen and oxygen atoms in total. The number of hydrogen-bond donors (Lipinski definition) is 2. The summed E-state index contributed by atoms with van der Waals surface area (Å²) in [5.74, 6) is -0.894. The van der Waals surface area contributed by atoms with E-state index >= 15 is 0 Å². The van der Waals surface area contributed by atoms with Crippen LogP contribution in [0, 0.1) is 0 Å². The lowest BCUT2D eigenvalue weighted by Gasteiger charge is -2.22. The minimum absolute atomic E-state index is 0.0159. The molecule has 118 valence electrons. The van der Waals surface area contributed by atoms with Crippen LogP contribution in [0.25, 0.3) is 0 Å². The summed E-state index contributed by atoms with van der Waals surface area (Å²) in [5, 5.41) is 19.4. The van der Waals surface area contributed by atoms with Crippen molar-refractivity contribution in [2.24, 2.45) is 0 Å². The van der Waals surface area contributed by atoms with Crippen molar-refractivity contribution in [2.75, 3.05) is 14.2 Å². The lowest BCUT2D eigenvalue weighted by atomic mass is 9.81. The molecule has 0 saturated carbocycles. The molecule has 2 N–H and O–H groups in total. The average Bonchev–Trinajstić information content (AvgIpc) is 2.58. The van der Waals surface area contributed by atoms with Gasteiger partial charge in [0.1, 0.15) is 17.2 Å². The van der Waals surface area contributed by atoms with Gasteiger partial charge in [0.25, 0.3) is 0 Å². The lowest BCUT2D eigenvalue weighted by molar-refractivity contribution is 0.0971. The number of methoxy groups -OCH3 is 2. The van der Waals surface area contributed by atoms with E-state index in [0.717, 1.165) is 0 Å². The van der Waals surface area contributed by atoms with Crippen LogP contribution in [-0.4, -0.2) is 36.0 Å². The number of ketones is 2. The highest BCUT2D eigenvalue weighted by atomic mass is 16.5. The summed E-state index contributed by atoms with van der Waals surface area (Å²) < 4.78 is 10.3. The van der Waals surface area contributed by atoms with Gasteiger partial charge in [-0.2, -0.15) is 0 Å². The second-order valence-corrected chi connectivity index (χ2v) is 5.07. The van der Waals surface area contributed by atoms with Gasteiger partial charge in [0.05, 0.1) is 37.5 Å². The molecule has 23 heavy (non-hydrogen) atoms. The van der Waals surface area contributed by atoms with Gasteiger partial charge < -0.3 is 19.7 Å². The minimum atomic E-state index is -0.521. The van der Waals surface area contributed by atoms with Crippen molar-refractivity contribution in [1.29, 1.82) is 0 Å². The highest BCUT2D eigenvalue weighted by molar-refractivity contribution is 6.31. The summed E-state index contributed by atoms with van der Waals surface area (Å²) in [5.41, 5.74) is 0.559. The summed E-state index contributed by atoms with van der Waals surface area (Å²) in [4.78, 5) is 25.7. The number of aliphatic hydroxyl groups excluding tert-OH is 1. The Morgan fingerprint density at radius 1 is 0.913 bits per heavy atom. The molecule has 6 heteroatoms. The molecule has 0 saturated heterocycles. The van der Waals surface area contributed by atoms with Crippen molar-refractivity contribution >= 4 is 11.6 Å². The molecular weight excluding hydrogens is 300 g/mol. The van der Waals surface area contributed by atoms with Crippen molar-refractivity contribution in [3.05, 3.63) is 52.1 Å². The van der Waals surface area contributed by atoms with Gasteiger partial charge in [0.15, 0.2) is 5.78 Å². The number of ether oxygens (including phenoxy) is 2. The van der Waals surface area contributed by atoms with Crippen LogP contribution >= 0.6 is 0 Å². The number of fused-ring (bicyclic) bond motifs is 2. The van der Waals surface area contributed by atoms with Crippen LogP contribution < -0.4 is 9.47 Å². The second kappa shape index (κ2) is 5.40. The SMILES string of the molecule is COc1cc(CO)cc2c1C(=O)c1c(O)ccc(OC)c1C2=O. The second-order valence-electron chi connectivity index (χ2n) is 5.07. The van der Waals surface area contributed by atoms with Gasteiger partial charge in [-0.3, -0.25) is 9.59 Å². The van der Waals surface area contributed by atoms with E-state index in [0.29, 0.717) is 5.56 Å². The molecule has 0 bridgehead atoms. The van der Waals surface area contributed by atoms with Crippen molar-refractivity contribution in [2.45, 2.75) is 6.61 Å². The predicted octanol–water partition coefficient (Wildman–Crippen LogP) is 1.68. The van der Waals surface area contributed by atoms with Gasteiger partial charge in [-0.05, 0) is 29.8 Å². The minimum Gasteiger partial charge on any atom is -0.507 e. The van der Waals surface area contributed by atoms with E-state index in [1.807, 2.05) is 0 Å². The quantitative estimate of drug-likeness (QED) is 0.764. The largest absolute Gasteiger partial charge is 0.507 e. The summed E-state index contributed by atoms with van der Waals surface area (Å²) in [6, 6.07) is 5.68. The fourth-order valence-electron chi connectivity index (χ4n) is 2.80. The first-order valence-corrected chi connectivity index (χ1v) is 6.84. The maximum atomic E-state index is 12.8. The molecule has 0 radical (unpaired) electrons. The first-order chi connectivity index (χ1) is 11.0. The summed E-state index contributed by atoms with van der Waals surface area (Å²) in [6.07, 6.45) is 0. The summed E-state index contributed by atoms with van der Waals surface area (Å²) in [7, 11) is 2.75. The molecule has 1 aliphatic rings. The number of hydrogen-bond acceptors (Lipinski definition) is 6. The van der Waals surface area contributed by atoms with E-state index < -0.39 is 11.6 Å². The zero-order valence-electron chi connectivity index (χ0n) is 12.5. The Hall–Kier alpha value is -2.86. The monoisotopic (exact) mass is 314 g/mol. The molecule has 0 fully saturated rings. The third-order valence-electron chi connectivity index (χ3n) is 3.86. The number of carbonyl (C=O) groups excluding carboxylic acids is 2. The Kier molecular flexibility index (Phi) is 3.54. The van der Waals surface area contributed by atoms with E-state index in [4.69, 9.17) is 9.47 Å². The van der Waals surface area contributed by atoms with Gasteiger partial charge in [-0.25, -0.2) is 0 Å². The van der Waals surface area contributed by atoms with E-state index in [-0.39, 0.29) is 46.1 Å². The lowest BCUT2D eigenvalue weighted by Crippen LogP contribution is -2.23. The van der Waals surface area contributed by atoms with Crippen LogP contribution in [0.15, 0.2) is 24.3 Å². The van der Waals surface area contributed by atoms with Crippen LogP contribution in [0.1, 0.15) is 37.4 Å². The molecule has 0 amide bonds. The predicted molar refractivity (Wildman–Crippen MR) is 80.4 cm³/mol. The van der Waals surface area contributed by atoms with Gasteiger partial charge in [0, 0.05) is 5.56 Å². The topological polar surface area (TPSA) is 93.1 Å². The zero-order valence-corrected chi connectivity index (χ0v) is 12.5. The Morgan fingerprint density at radius 3 is 2.22 bits per heavy atom. The standard InChI is InChI=1S/C17H14O6/c1-22-11-4-3-10(19)14-15(11)16(20)9-5-8(7-18)6-12(23-2)13(9)17(14)21/h3-6,18-19H,7H2,1-2H3. The first kappa shape index (κ1) is 15.1. The molecule has 0 aliphatic heterocycles. The molecule has 2 aromatic rings. The van der Waals surface area contributed by atoms with E-state index in [2.05, 4.69) is 0 Å². The number of aromatic hydroxyl groups is 1. The van der Waals surface area contributed by atoms with Crippen LogP contribution in [-0.2, 0) is 6.61 Å². The molecule has 3 rings (SSSR count). The Bertz CT molecular complexity index is 837. The number of carbonyl (C=O) groups is 2. The number of phenolic OH excluding ortho intramolecular Hbond substituents is 1. The molecule has 0 unspecified atom stereocenters.